The van der Waals surface area contributed by atoms with E-state index in [1.54, 1.807) is 6.92 Å². The van der Waals surface area contributed by atoms with Gasteiger partial charge in [0.2, 0.25) is 5.91 Å². The molecule has 0 radical (unpaired) electrons. The fourth-order valence-corrected chi connectivity index (χ4v) is 2.92. The number of aromatic nitrogens is 2. The molecule has 3 rings (SSSR count). The van der Waals surface area contributed by atoms with Crippen LogP contribution in [0.4, 0.5) is 5.82 Å². The van der Waals surface area contributed by atoms with Crippen LogP contribution in [0.15, 0.2) is 6.07 Å². The number of nitrogens with zero attached hydrogens (tertiary/aromatic N) is 4. The maximum absolute atomic E-state index is 11.4. The first-order valence-corrected chi connectivity index (χ1v) is 7.80. The van der Waals surface area contributed by atoms with E-state index in [1.807, 2.05) is 17.9 Å². The van der Waals surface area contributed by atoms with Gasteiger partial charge < -0.3 is 19.9 Å². The number of piperazine rings is 1. The van der Waals surface area contributed by atoms with Crippen molar-refractivity contribution in [1.29, 1.82) is 0 Å². The van der Waals surface area contributed by atoms with E-state index in [9.17, 15) is 4.79 Å². The van der Waals surface area contributed by atoms with Crippen molar-refractivity contribution in [3.63, 3.8) is 0 Å². The summed E-state index contributed by atoms with van der Waals surface area (Å²) >= 11 is 0. The lowest BCUT2D eigenvalue weighted by Crippen LogP contribution is -2.48. The summed E-state index contributed by atoms with van der Waals surface area (Å²) in [6, 6.07) is 2.18. The number of anilines is 1. The molecule has 7 nitrogen and oxygen atoms in total. The van der Waals surface area contributed by atoms with Crippen molar-refractivity contribution in [2.75, 3.05) is 50.8 Å². The number of amides is 1. The number of rotatable bonds is 2. The lowest BCUT2D eigenvalue weighted by atomic mass is 10.2. The molecule has 2 aliphatic rings. The van der Waals surface area contributed by atoms with Gasteiger partial charge >= 0.3 is 0 Å². The molecule has 7 heteroatoms. The van der Waals surface area contributed by atoms with Crippen molar-refractivity contribution < 1.29 is 9.53 Å². The number of carbonyl (C=O) groups is 1. The summed E-state index contributed by atoms with van der Waals surface area (Å²) in [4.78, 5) is 24.6. The van der Waals surface area contributed by atoms with Gasteiger partial charge in [-0.25, -0.2) is 9.97 Å². The van der Waals surface area contributed by atoms with E-state index in [1.165, 1.54) is 0 Å². The summed E-state index contributed by atoms with van der Waals surface area (Å²) < 4.78 is 5.52. The summed E-state index contributed by atoms with van der Waals surface area (Å²) in [5.41, 5.74) is 0.983. The maximum atomic E-state index is 11.4. The molecular formula is C15H23N5O2. The van der Waals surface area contributed by atoms with Gasteiger partial charge in [0.05, 0.1) is 24.9 Å². The molecule has 1 aromatic heterocycles. The highest BCUT2D eigenvalue weighted by Crippen LogP contribution is 2.20. The van der Waals surface area contributed by atoms with E-state index in [0.717, 1.165) is 56.7 Å². The third-order valence-corrected chi connectivity index (χ3v) is 4.17. The second-order valence-corrected chi connectivity index (χ2v) is 5.77. The highest BCUT2D eigenvalue weighted by molar-refractivity contribution is 5.73. The largest absolute Gasteiger partial charge is 0.378 e. The van der Waals surface area contributed by atoms with Gasteiger partial charge in [-0.05, 0) is 6.92 Å². The van der Waals surface area contributed by atoms with Gasteiger partial charge in [-0.15, -0.1) is 0 Å². The number of nitrogens with one attached hydrogen (secondary N) is 1. The summed E-state index contributed by atoms with van der Waals surface area (Å²) in [5, 5.41) is 3.43. The Bertz CT molecular complexity index is 537. The molecule has 2 aliphatic heterocycles. The number of hydrogen-bond acceptors (Lipinski definition) is 6. The van der Waals surface area contributed by atoms with E-state index in [-0.39, 0.29) is 11.9 Å². The predicted octanol–water partition coefficient (Wildman–Crippen LogP) is 0.114. The quantitative estimate of drug-likeness (QED) is 0.836. The van der Waals surface area contributed by atoms with Crippen LogP contribution >= 0.6 is 0 Å². The lowest BCUT2D eigenvalue weighted by molar-refractivity contribution is -0.129. The second-order valence-electron chi connectivity index (χ2n) is 5.77. The van der Waals surface area contributed by atoms with Gasteiger partial charge in [-0.1, -0.05) is 0 Å². The maximum Gasteiger partial charge on any atom is 0.219 e. The third kappa shape index (κ3) is 3.36. The van der Waals surface area contributed by atoms with Gasteiger partial charge in [-0.2, -0.15) is 0 Å². The van der Waals surface area contributed by atoms with Gasteiger partial charge in [0.15, 0.2) is 0 Å². The van der Waals surface area contributed by atoms with Crippen LogP contribution in [0, 0.1) is 6.92 Å². The van der Waals surface area contributed by atoms with Crippen LogP contribution in [0.3, 0.4) is 0 Å². The average Bonchev–Trinajstić information content (AvgIpc) is 2.55. The summed E-state index contributed by atoms with van der Waals surface area (Å²) in [5.74, 6) is 1.86. The number of carbonyl (C=O) groups excluding carboxylic acids is 1. The van der Waals surface area contributed by atoms with Crippen LogP contribution in [-0.4, -0.2) is 66.7 Å². The Kier molecular flexibility index (Phi) is 4.54. The number of aryl methyl sites for hydroxylation is 1. The van der Waals surface area contributed by atoms with Crippen LogP contribution in [0.2, 0.25) is 0 Å². The highest BCUT2D eigenvalue weighted by atomic mass is 16.5. The predicted molar refractivity (Wildman–Crippen MR) is 82.8 cm³/mol. The monoisotopic (exact) mass is 305 g/mol. The summed E-state index contributed by atoms with van der Waals surface area (Å²) in [6.45, 7) is 8.90. The third-order valence-electron chi connectivity index (χ3n) is 4.17. The Hall–Kier alpha value is -1.73. The van der Waals surface area contributed by atoms with Gasteiger partial charge in [-0.3, -0.25) is 4.79 Å². The van der Waals surface area contributed by atoms with Crippen LogP contribution in [0.5, 0.6) is 0 Å². The Balaban J connectivity index is 1.74. The van der Waals surface area contributed by atoms with Gasteiger partial charge in [0.1, 0.15) is 11.6 Å². The van der Waals surface area contributed by atoms with Crippen molar-refractivity contribution in [2.24, 2.45) is 0 Å². The molecule has 0 spiro atoms. The van der Waals surface area contributed by atoms with E-state index >= 15 is 0 Å². The van der Waals surface area contributed by atoms with Crippen molar-refractivity contribution in [1.82, 2.24) is 20.2 Å². The zero-order valence-electron chi connectivity index (χ0n) is 13.2. The van der Waals surface area contributed by atoms with Crippen LogP contribution in [0.25, 0.3) is 0 Å². The molecule has 2 saturated heterocycles. The van der Waals surface area contributed by atoms with Gasteiger partial charge in [0.25, 0.3) is 0 Å². The van der Waals surface area contributed by atoms with E-state index in [4.69, 9.17) is 4.74 Å². The zero-order chi connectivity index (χ0) is 15.5. The lowest BCUT2D eigenvalue weighted by Gasteiger charge is -2.35. The topological polar surface area (TPSA) is 70.6 Å². The average molecular weight is 305 g/mol. The molecule has 22 heavy (non-hydrogen) atoms. The molecule has 1 amide bonds. The first-order valence-electron chi connectivity index (χ1n) is 7.80. The molecule has 0 bridgehead atoms. The molecule has 3 heterocycles. The summed E-state index contributed by atoms with van der Waals surface area (Å²) in [6.07, 6.45) is 0. The zero-order valence-corrected chi connectivity index (χ0v) is 13.2. The Labute approximate surface area is 130 Å². The molecule has 1 aromatic rings. The molecule has 0 aliphatic carbocycles. The normalized spacial score (nSPS) is 22.7. The highest BCUT2D eigenvalue weighted by Gasteiger charge is 2.22. The fraction of sp³-hybridized carbons (Fsp3) is 0.667. The van der Waals surface area contributed by atoms with Crippen LogP contribution < -0.4 is 10.2 Å². The number of hydrogen-bond donors (Lipinski definition) is 1. The van der Waals surface area contributed by atoms with Crippen LogP contribution in [-0.2, 0) is 9.53 Å². The smallest absolute Gasteiger partial charge is 0.219 e. The summed E-state index contributed by atoms with van der Waals surface area (Å²) in [7, 11) is 0. The molecular weight excluding hydrogens is 282 g/mol. The first-order chi connectivity index (χ1) is 10.6. The second kappa shape index (κ2) is 6.58. The Morgan fingerprint density at radius 2 is 2.09 bits per heavy atom. The van der Waals surface area contributed by atoms with Crippen molar-refractivity contribution in [2.45, 2.75) is 19.9 Å². The number of ether oxygens (including phenoxy) is 1. The first kappa shape index (κ1) is 15.2. The molecule has 0 unspecified atom stereocenters. The molecule has 2 fully saturated rings. The molecule has 120 valence electrons. The fourth-order valence-electron chi connectivity index (χ4n) is 2.92. The van der Waals surface area contributed by atoms with E-state index < -0.39 is 0 Å². The SMILES string of the molecule is CC(=O)N1CCN(c2cc([C@H]3COCCN3)nc(C)n2)CC1. The Morgan fingerprint density at radius 1 is 1.32 bits per heavy atom. The minimum atomic E-state index is 0.132. The molecule has 1 N–H and O–H groups in total. The van der Waals surface area contributed by atoms with Crippen molar-refractivity contribution in [3.8, 4) is 0 Å². The number of morpholine rings is 1. The minimum absolute atomic E-state index is 0.132. The molecule has 0 aromatic carbocycles. The minimum Gasteiger partial charge on any atom is -0.378 e. The molecule has 0 saturated carbocycles. The van der Waals surface area contributed by atoms with Gasteiger partial charge in [0, 0.05) is 45.7 Å². The van der Waals surface area contributed by atoms with E-state index in [0.29, 0.717) is 6.61 Å². The van der Waals surface area contributed by atoms with Crippen LogP contribution in [0.1, 0.15) is 24.5 Å². The Morgan fingerprint density at radius 3 is 2.73 bits per heavy atom. The van der Waals surface area contributed by atoms with E-state index in [2.05, 4.69) is 20.2 Å². The van der Waals surface area contributed by atoms with Crippen molar-refractivity contribution >= 4 is 11.7 Å². The molecule has 1 atom stereocenters. The van der Waals surface area contributed by atoms with Crippen molar-refractivity contribution in [3.05, 3.63) is 17.6 Å². The standard InChI is InChI=1S/C15H23N5O2/c1-11-17-13(14-10-22-8-3-16-14)9-15(18-11)20-6-4-19(5-7-20)12(2)21/h9,14,16H,3-8,10H2,1-2H3/t14-/m1/s1.